The normalized spacial score (nSPS) is 15.6. The Labute approximate surface area is 118 Å². The highest BCUT2D eigenvalue weighted by atomic mass is 16.4. The zero-order valence-corrected chi connectivity index (χ0v) is 11.5. The molecule has 0 radical (unpaired) electrons. The fourth-order valence-corrected chi connectivity index (χ4v) is 2.40. The minimum atomic E-state index is -0.853. The molecule has 0 aliphatic heterocycles. The van der Waals surface area contributed by atoms with Crippen LogP contribution >= 0.6 is 0 Å². The van der Waals surface area contributed by atoms with Gasteiger partial charge in [0, 0.05) is 11.1 Å². The number of carboxylic acid groups (broad SMARTS) is 1. The largest absolute Gasteiger partial charge is 0.481 e. The maximum Gasteiger partial charge on any atom is 0.310 e. The second-order valence-corrected chi connectivity index (χ2v) is 4.89. The Kier molecular flexibility index (Phi) is 4.51. The monoisotopic (exact) mass is 270 g/mol. The van der Waals surface area contributed by atoms with E-state index in [9.17, 15) is 14.7 Å². The van der Waals surface area contributed by atoms with Gasteiger partial charge in [0.15, 0.2) is 5.78 Å². The predicted molar refractivity (Wildman–Crippen MR) is 77.9 cm³/mol. The van der Waals surface area contributed by atoms with Crippen molar-refractivity contribution in [1.82, 2.24) is 0 Å². The Morgan fingerprint density at radius 2 is 2.10 bits per heavy atom. The minimum absolute atomic E-state index is 0.0389. The molecule has 2 rings (SSSR count). The summed E-state index contributed by atoms with van der Waals surface area (Å²) in [6.07, 6.45) is 8.12. The molecule has 3 heteroatoms. The molecule has 1 aliphatic rings. The third kappa shape index (κ3) is 3.05. The zero-order chi connectivity index (χ0) is 14.5. The molecule has 1 atom stereocenters. The molecule has 0 saturated carbocycles. The van der Waals surface area contributed by atoms with Crippen LogP contribution in [0.3, 0.4) is 0 Å². The Bertz CT molecular complexity index is 582. The molecular formula is C17H18O3. The molecule has 3 nitrogen and oxygen atoms in total. The van der Waals surface area contributed by atoms with Gasteiger partial charge in [0.1, 0.15) is 0 Å². The Balaban J connectivity index is 2.30. The number of benzene rings is 1. The van der Waals surface area contributed by atoms with E-state index in [1.54, 1.807) is 24.3 Å². The highest BCUT2D eigenvalue weighted by Crippen LogP contribution is 2.23. The Morgan fingerprint density at radius 1 is 1.30 bits per heavy atom. The number of carbonyl (C=O) groups excluding carboxylic acids is 1. The van der Waals surface area contributed by atoms with E-state index >= 15 is 0 Å². The topological polar surface area (TPSA) is 54.4 Å². The summed E-state index contributed by atoms with van der Waals surface area (Å²) < 4.78 is 0. The summed E-state index contributed by atoms with van der Waals surface area (Å²) in [5.74, 6) is -1.45. The molecule has 0 saturated heterocycles. The van der Waals surface area contributed by atoms with E-state index in [-0.39, 0.29) is 5.78 Å². The van der Waals surface area contributed by atoms with E-state index in [1.165, 1.54) is 0 Å². The lowest BCUT2D eigenvalue weighted by molar-refractivity contribution is -0.138. The number of carbonyl (C=O) groups is 2. The van der Waals surface area contributed by atoms with Gasteiger partial charge in [-0.05, 0) is 30.9 Å². The highest BCUT2D eigenvalue weighted by Gasteiger charge is 2.19. The van der Waals surface area contributed by atoms with Gasteiger partial charge in [-0.15, -0.1) is 0 Å². The molecule has 0 amide bonds. The molecule has 0 aromatic heterocycles. The number of allylic oxidation sites excluding steroid dienone is 4. The van der Waals surface area contributed by atoms with E-state index < -0.39 is 11.9 Å². The molecule has 1 aromatic rings. The van der Waals surface area contributed by atoms with E-state index in [0.29, 0.717) is 23.1 Å². The first-order valence-corrected chi connectivity index (χ1v) is 6.87. The molecule has 1 unspecified atom stereocenters. The van der Waals surface area contributed by atoms with Crippen LogP contribution in [0.5, 0.6) is 0 Å². The van der Waals surface area contributed by atoms with Crippen molar-refractivity contribution in [2.75, 3.05) is 0 Å². The molecule has 0 fully saturated rings. The fraction of sp³-hybridized carbons (Fsp3) is 0.294. The first kappa shape index (κ1) is 14.3. The maximum absolute atomic E-state index is 12.4. The Hall–Kier alpha value is -2.16. The zero-order valence-electron chi connectivity index (χ0n) is 11.5. The second-order valence-electron chi connectivity index (χ2n) is 4.89. The molecular weight excluding hydrogens is 252 g/mol. The SMILES string of the molecule is CCC(C(=O)O)c1cccc(C(=O)C2=CCCC=C2)c1. The van der Waals surface area contributed by atoms with Crippen molar-refractivity contribution in [2.45, 2.75) is 32.1 Å². The predicted octanol–water partition coefficient (Wildman–Crippen LogP) is 3.72. The van der Waals surface area contributed by atoms with E-state index in [2.05, 4.69) is 0 Å². The lowest BCUT2D eigenvalue weighted by atomic mass is 9.92. The first-order valence-electron chi connectivity index (χ1n) is 6.87. The number of aliphatic carboxylic acids is 1. The van der Waals surface area contributed by atoms with Gasteiger partial charge in [0.25, 0.3) is 0 Å². The van der Waals surface area contributed by atoms with Crippen molar-refractivity contribution in [2.24, 2.45) is 0 Å². The molecule has 1 aliphatic carbocycles. The number of hydrogen-bond donors (Lipinski definition) is 1. The van der Waals surface area contributed by atoms with Gasteiger partial charge in [-0.3, -0.25) is 9.59 Å². The van der Waals surface area contributed by atoms with Crippen LogP contribution in [0, 0.1) is 0 Å². The van der Waals surface area contributed by atoms with Crippen LogP contribution in [0.25, 0.3) is 0 Å². The van der Waals surface area contributed by atoms with Gasteiger partial charge in [-0.25, -0.2) is 0 Å². The van der Waals surface area contributed by atoms with Crippen LogP contribution < -0.4 is 0 Å². The van der Waals surface area contributed by atoms with Crippen LogP contribution in [0.4, 0.5) is 0 Å². The molecule has 1 aromatic carbocycles. The van der Waals surface area contributed by atoms with Crippen LogP contribution in [-0.2, 0) is 4.79 Å². The van der Waals surface area contributed by atoms with E-state index in [4.69, 9.17) is 0 Å². The summed E-state index contributed by atoms with van der Waals surface area (Å²) >= 11 is 0. The van der Waals surface area contributed by atoms with Crippen LogP contribution in [0.2, 0.25) is 0 Å². The molecule has 1 N–H and O–H groups in total. The number of carboxylic acids is 1. The van der Waals surface area contributed by atoms with Gasteiger partial charge in [0.2, 0.25) is 0 Å². The van der Waals surface area contributed by atoms with Crippen LogP contribution in [0.15, 0.2) is 48.1 Å². The fourth-order valence-electron chi connectivity index (χ4n) is 2.40. The van der Waals surface area contributed by atoms with Gasteiger partial charge < -0.3 is 5.11 Å². The number of hydrogen-bond acceptors (Lipinski definition) is 2. The summed E-state index contributed by atoms with van der Waals surface area (Å²) in [7, 11) is 0. The van der Waals surface area contributed by atoms with Crippen LogP contribution in [-0.4, -0.2) is 16.9 Å². The average Bonchev–Trinajstić information content (AvgIpc) is 2.48. The minimum Gasteiger partial charge on any atom is -0.481 e. The van der Waals surface area contributed by atoms with Crippen molar-refractivity contribution in [1.29, 1.82) is 0 Å². The lowest BCUT2D eigenvalue weighted by Crippen LogP contribution is -2.12. The molecule has 20 heavy (non-hydrogen) atoms. The number of ketones is 1. The summed E-state index contributed by atoms with van der Waals surface area (Å²) in [5, 5.41) is 9.20. The average molecular weight is 270 g/mol. The number of Topliss-reactive ketones (excluding diaryl/α,β-unsaturated/α-hetero) is 1. The van der Waals surface area contributed by atoms with Crippen LogP contribution in [0.1, 0.15) is 48.0 Å². The first-order chi connectivity index (χ1) is 9.63. The molecule has 0 spiro atoms. The smallest absolute Gasteiger partial charge is 0.310 e. The summed E-state index contributed by atoms with van der Waals surface area (Å²) in [6.45, 7) is 1.83. The maximum atomic E-state index is 12.4. The summed E-state index contributed by atoms with van der Waals surface area (Å²) in [5.41, 5.74) is 1.93. The summed E-state index contributed by atoms with van der Waals surface area (Å²) in [4.78, 5) is 23.6. The van der Waals surface area contributed by atoms with Crippen molar-refractivity contribution in [3.63, 3.8) is 0 Å². The Morgan fingerprint density at radius 3 is 2.70 bits per heavy atom. The number of rotatable bonds is 5. The standard InChI is InChI=1S/C17H18O3/c1-2-15(17(19)20)13-9-6-10-14(11-13)16(18)12-7-4-3-5-8-12/h4,6-11,15H,2-3,5H2,1H3,(H,19,20). The second kappa shape index (κ2) is 6.33. The van der Waals surface area contributed by atoms with E-state index in [1.807, 2.05) is 25.2 Å². The van der Waals surface area contributed by atoms with Crippen molar-refractivity contribution in [3.05, 3.63) is 59.2 Å². The quantitative estimate of drug-likeness (QED) is 0.829. The van der Waals surface area contributed by atoms with Gasteiger partial charge in [-0.2, -0.15) is 0 Å². The molecule has 0 heterocycles. The van der Waals surface area contributed by atoms with Gasteiger partial charge in [-0.1, -0.05) is 43.4 Å². The van der Waals surface area contributed by atoms with Crippen molar-refractivity contribution < 1.29 is 14.7 Å². The lowest BCUT2D eigenvalue weighted by Gasteiger charge is -2.12. The van der Waals surface area contributed by atoms with Gasteiger partial charge in [0.05, 0.1) is 5.92 Å². The summed E-state index contributed by atoms with van der Waals surface area (Å²) in [6, 6.07) is 6.96. The van der Waals surface area contributed by atoms with Crippen molar-refractivity contribution in [3.8, 4) is 0 Å². The molecule has 104 valence electrons. The third-order valence-corrected chi connectivity index (χ3v) is 3.51. The third-order valence-electron chi connectivity index (χ3n) is 3.51. The van der Waals surface area contributed by atoms with E-state index in [0.717, 1.165) is 12.8 Å². The molecule has 0 bridgehead atoms. The highest BCUT2D eigenvalue weighted by molar-refractivity contribution is 6.10. The van der Waals surface area contributed by atoms with Gasteiger partial charge >= 0.3 is 5.97 Å². The van der Waals surface area contributed by atoms with Crippen molar-refractivity contribution >= 4 is 11.8 Å².